The molecule has 0 fully saturated rings. The number of methoxy groups -OCH3 is 2. The lowest BCUT2D eigenvalue weighted by Crippen LogP contribution is -2.32. The van der Waals surface area contributed by atoms with Gasteiger partial charge in [0.05, 0.1) is 19.9 Å². The quantitative estimate of drug-likeness (QED) is 0.578. The highest BCUT2D eigenvalue weighted by atomic mass is 16.5. The number of para-hydroxylation sites is 1. The SMILES string of the molecule is COc1ccc(/C=C2/N=C(c3cccc(C)c3)N(c3ccccc3)C2=O)c(OC)c1. The van der Waals surface area contributed by atoms with Crippen LogP contribution in [0, 0.1) is 6.92 Å². The fourth-order valence-corrected chi connectivity index (χ4v) is 3.40. The van der Waals surface area contributed by atoms with Gasteiger partial charge < -0.3 is 9.47 Å². The first-order chi connectivity index (χ1) is 14.6. The molecule has 3 aromatic carbocycles. The summed E-state index contributed by atoms with van der Waals surface area (Å²) in [7, 11) is 3.19. The van der Waals surface area contributed by atoms with Crippen molar-refractivity contribution in [3.63, 3.8) is 0 Å². The van der Waals surface area contributed by atoms with Crippen molar-refractivity contribution in [1.82, 2.24) is 0 Å². The first kappa shape index (κ1) is 19.5. The van der Waals surface area contributed by atoms with Crippen LogP contribution in [0.4, 0.5) is 5.69 Å². The van der Waals surface area contributed by atoms with Gasteiger partial charge in [-0.3, -0.25) is 9.69 Å². The van der Waals surface area contributed by atoms with Crippen molar-refractivity contribution < 1.29 is 14.3 Å². The molecule has 5 nitrogen and oxygen atoms in total. The summed E-state index contributed by atoms with van der Waals surface area (Å²) < 4.78 is 10.7. The lowest BCUT2D eigenvalue weighted by molar-refractivity contribution is -0.113. The van der Waals surface area contributed by atoms with Crippen LogP contribution in [0.1, 0.15) is 16.7 Å². The zero-order valence-electron chi connectivity index (χ0n) is 17.1. The van der Waals surface area contributed by atoms with Crippen molar-refractivity contribution in [3.8, 4) is 11.5 Å². The molecule has 0 unspecified atom stereocenters. The molecule has 0 N–H and O–H groups in total. The average molecular weight is 398 g/mol. The number of rotatable bonds is 5. The second-order valence-electron chi connectivity index (χ2n) is 6.92. The first-order valence-corrected chi connectivity index (χ1v) is 9.59. The minimum atomic E-state index is -0.185. The fraction of sp³-hybridized carbons (Fsp3) is 0.120. The zero-order valence-corrected chi connectivity index (χ0v) is 17.1. The van der Waals surface area contributed by atoms with Crippen LogP contribution in [0.25, 0.3) is 6.08 Å². The predicted octanol–water partition coefficient (Wildman–Crippen LogP) is 4.85. The fourth-order valence-electron chi connectivity index (χ4n) is 3.40. The third-order valence-electron chi connectivity index (χ3n) is 4.88. The maximum absolute atomic E-state index is 13.4. The molecular weight excluding hydrogens is 376 g/mol. The van der Waals surface area contributed by atoms with E-state index >= 15 is 0 Å². The molecule has 1 amide bonds. The second kappa shape index (κ2) is 8.25. The van der Waals surface area contributed by atoms with Gasteiger partial charge >= 0.3 is 0 Å². The Bertz CT molecular complexity index is 1150. The van der Waals surface area contributed by atoms with Crippen LogP contribution < -0.4 is 14.4 Å². The Morgan fingerprint density at radius 2 is 1.70 bits per heavy atom. The van der Waals surface area contributed by atoms with Gasteiger partial charge in [0.1, 0.15) is 23.0 Å². The highest BCUT2D eigenvalue weighted by Crippen LogP contribution is 2.31. The van der Waals surface area contributed by atoms with Crippen LogP contribution in [0.15, 0.2) is 83.5 Å². The lowest BCUT2D eigenvalue weighted by atomic mass is 10.1. The standard InChI is InChI=1S/C25H22N2O3/c1-17-8-7-9-19(14-17)24-26-22(25(28)27(24)20-10-5-4-6-11-20)15-18-12-13-21(29-2)16-23(18)30-3/h4-16H,1-3H3/b22-15+. The van der Waals surface area contributed by atoms with Crippen LogP contribution in [0.3, 0.4) is 0 Å². The Balaban J connectivity index is 1.83. The van der Waals surface area contributed by atoms with Crippen LogP contribution in [-0.4, -0.2) is 26.0 Å². The molecule has 3 aromatic rings. The normalized spacial score (nSPS) is 14.8. The van der Waals surface area contributed by atoms with Gasteiger partial charge in [0, 0.05) is 17.2 Å². The molecule has 0 aromatic heterocycles. The van der Waals surface area contributed by atoms with Gasteiger partial charge in [-0.15, -0.1) is 0 Å². The molecule has 0 aliphatic carbocycles. The molecular formula is C25H22N2O3. The summed E-state index contributed by atoms with van der Waals surface area (Å²) in [5, 5.41) is 0. The van der Waals surface area contributed by atoms with Crippen LogP contribution in [-0.2, 0) is 4.79 Å². The second-order valence-corrected chi connectivity index (χ2v) is 6.92. The number of carbonyl (C=O) groups excluding carboxylic acids is 1. The van der Waals surface area contributed by atoms with Crippen molar-refractivity contribution in [2.45, 2.75) is 6.92 Å². The maximum Gasteiger partial charge on any atom is 0.282 e. The van der Waals surface area contributed by atoms with E-state index < -0.39 is 0 Å². The van der Waals surface area contributed by atoms with Gasteiger partial charge in [0.15, 0.2) is 0 Å². The van der Waals surface area contributed by atoms with E-state index in [1.54, 1.807) is 31.3 Å². The van der Waals surface area contributed by atoms with E-state index in [4.69, 9.17) is 14.5 Å². The van der Waals surface area contributed by atoms with E-state index in [1.807, 2.05) is 73.7 Å². The van der Waals surface area contributed by atoms with Gasteiger partial charge in [-0.25, -0.2) is 4.99 Å². The number of aryl methyl sites for hydroxylation is 1. The van der Waals surface area contributed by atoms with Crippen molar-refractivity contribution in [2.24, 2.45) is 4.99 Å². The molecule has 0 radical (unpaired) electrons. The van der Waals surface area contributed by atoms with Crippen molar-refractivity contribution in [3.05, 3.63) is 95.2 Å². The van der Waals surface area contributed by atoms with Gasteiger partial charge in [0.2, 0.25) is 0 Å². The topological polar surface area (TPSA) is 51.1 Å². The van der Waals surface area contributed by atoms with E-state index in [2.05, 4.69) is 0 Å². The van der Waals surface area contributed by atoms with E-state index in [0.717, 1.165) is 22.4 Å². The highest BCUT2D eigenvalue weighted by molar-refractivity contribution is 6.33. The Labute approximate surface area is 175 Å². The smallest absolute Gasteiger partial charge is 0.282 e. The molecule has 0 spiro atoms. The van der Waals surface area contributed by atoms with Crippen molar-refractivity contribution in [2.75, 3.05) is 19.1 Å². The maximum atomic E-state index is 13.4. The first-order valence-electron chi connectivity index (χ1n) is 9.59. The zero-order chi connectivity index (χ0) is 21.1. The Hall–Kier alpha value is -3.86. The van der Waals surface area contributed by atoms with Crippen LogP contribution in [0.5, 0.6) is 11.5 Å². The molecule has 0 bridgehead atoms. The molecule has 0 atom stereocenters. The number of anilines is 1. The summed E-state index contributed by atoms with van der Waals surface area (Å²) in [6, 6.07) is 23.0. The van der Waals surface area contributed by atoms with E-state index in [-0.39, 0.29) is 5.91 Å². The van der Waals surface area contributed by atoms with E-state index in [9.17, 15) is 4.79 Å². The Morgan fingerprint density at radius 1 is 0.900 bits per heavy atom. The average Bonchev–Trinajstić information content (AvgIpc) is 3.10. The largest absolute Gasteiger partial charge is 0.497 e. The third-order valence-corrected chi connectivity index (χ3v) is 4.88. The number of carbonyl (C=O) groups is 1. The number of amidine groups is 1. The lowest BCUT2D eigenvalue weighted by Gasteiger charge is -2.18. The van der Waals surface area contributed by atoms with Crippen LogP contribution in [0.2, 0.25) is 0 Å². The number of nitrogens with zero attached hydrogens (tertiary/aromatic N) is 2. The summed E-state index contributed by atoms with van der Waals surface area (Å²) in [5.41, 5.74) is 3.86. The number of aliphatic imine (C=N–C) groups is 1. The summed E-state index contributed by atoms with van der Waals surface area (Å²) in [4.78, 5) is 19.7. The van der Waals surface area contributed by atoms with E-state index in [1.165, 1.54) is 0 Å². The molecule has 150 valence electrons. The summed E-state index contributed by atoms with van der Waals surface area (Å²) in [6.45, 7) is 2.02. The summed E-state index contributed by atoms with van der Waals surface area (Å²) in [6.07, 6.45) is 1.75. The number of hydrogen-bond donors (Lipinski definition) is 0. The van der Waals surface area contributed by atoms with Gasteiger partial charge in [-0.1, -0.05) is 42.0 Å². The highest BCUT2D eigenvalue weighted by Gasteiger charge is 2.32. The number of ether oxygens (including phenoxy) is 2. The summed E-state index contributed by atoms with van der Waals surface area (Å²) in [5.74, 6) is 1.71. The molecule has 1 heterocycles. The number of amides is 1. The van der Waals surface area contributed by atoms with Gasteiger partial charge in [-0.2, -0.15) is 0 Å². The van der Waals surface area contributed by atoms with Gasteiger partial charge in [0.25, 0.3) is 5.91 Å². The molecule has 30 heavy (non-hydrogen) atoms. The molecule has 1 aliphatic rings. The van der Waals surface area contributed by atoms with Crippen LogP contribution >= 0.6 is 0 Å². The molecule has 4 rings (SSSR count). The molecule has 0 saturated heterocycles. The van der Waals surface area contributed by atoms with E-state index in [0.29, 0.717) is 23.0 Å². The predicted molar refractivity (Wildman–Crippen MR) is 119 cm³/mol. The number of hydrogen-bond acceptors (Lipinski definition) is 4. The van der Waals surface area contributed by atoms with Gasteiger partial charge in [-0.05, 0) is 43.3 Å². The summed E-state index contributed by atoms with van der Waals surface area (Å²) >= 11 is 0. The monoisotopic (exact) mass is 398 g/mol. The Morgan fingerprint density at radius 3 is 2.40 bits per heavy atom. The minimum absolute atomic E-state index is 0.185. The minimum Gasteiger partial charge on any atom is -0.497 e. The van der Waals surface area contributed by atoms with Crippen molar-refractivity contribution in [1.29, 1.82) is 0 Å². The Kier molecular flexibility index (Phi) is 5.35. The molecule has 5 heteroatoms. The third kappa shape index (κ3) is 3.70. The van der Waals surface area contributed by atoms with Crippen molar-refractivity contribution >= 4 is 23.5 Å². The molecule has 1 aliphatic heterocycles. The molecule has 0 saturated carbocycles. The number of benzene rings is 3.